The number of amides is 1. The SMILES string of the molecule is C[C@H](N)C(=O)N1CCc2ccc(C(=O)O)cc2C1. The first-order valence-electron chi connectivity index (χ1n) is 5.88. The molecule has 1 aliphatic heterocycles. The summed E-state index contributed by atoms with van der Waals surface area (Å²) in [4.78, 5) is 24.4. The number of carbonyl (C=O) groups is 2. The van der Waals surface area contributed by atoms with Crippen molar-refractivity contribution < 1.29 is 14.7 Å². The van der Waals surface area contributed by atoms with Crippen molar-refractivity contribution in [3.05, 3.63) is 34.9 Å². The van der Waals surface area contributed by atoms with Gasteiger partial charge in [-0.05, 0) is 36.6 Å². The molecule has 0 spiro atoms. The van der Waals surface area contributed by atoms with Gasteiger partial charge in [-0.2, -0.15) is 0 Å². The average Bonchev–Trinajstić information content (AvgIpc) is 2.36. The Morgan fingerprint density at radius 2 is 2.11 bits per heavy atom. The average molecular weight is 248 g/mol. The molecule has 0 bridgehead atoms. The predicted molar refractivity (Wildman–Crippen MR) is 66.2 cm³/mol. The van der Waals surface area contributed by atoms with Crippen molar-refractivity contribution in [2.45, 2.75) is 25.9 Å². The molecule has 0 aromatic heterocycles. The molecule has 1 aromatic carbocycles. The van der Waals surface area contributed by atoms with Gasteiger partial charge in [0.1, 0.15) is 0 Å². The monoisotopic (exact) mass is 248 g/mol. The lowest BCUT2D eigenvalue weighted by Gasteiger charge is -2.30. The van der Waals surface area contributed by atoms with Crippen LogP contribution in [0.25, 0.3) is 0 Å². The fourth-order valence-corrected chi connectivity index (χ4v) is 2.17. The van der Waals surface area contributed by atoms with Gasteiger partial charge in [-0.3, -0.25) is 4.79 Å². The van der Waals surface area contributed by atoms with Crippen LogP contribution in [0.2, 0.25) is 0 Å². The summed E-state index contributed by atoms with van der Waals surface area (Å²) < 4.78 is 0. The van der Waals surface area contributed by atoms with Crippen LogP contribution >= 0.6 is 0 Å². The zero-order valence-corrected chi connectivity index (χ0v) is 10.2. The van der Waals surface area contributed by atoms with Crippen molar-refractivity contribution in [2.75, 3.05) is 6.54 Å². The number of carbonyl (C=O) groups excluding carboxylic acids is 1. The lowest BCUT2D eigenvalue weighted by Crippen LogP contribution is -2.44. The van der Waals surface area contributed by atoms with Crippen molar-refractivity contribution >= 4 is 11.9 Å². The van der Waals surface area contributed by atoms with E-state index in [-0.39, 0.29) is 11.5 Å². The van der Waals surface area contributed by atoms with Gasteiger partial charge >= 0.3 is 5.97 Å². The molecule has 1 atom stereocenters. The van der Waals surface area contributed by atoms with E-state index in [4.69, 9.17) is 10.8 Å². The van der Waals surface area contributed by atoms with Crippen LogP contribution in [0.4, 0.5) is 0 Å². The third kappa shape index (κ3) is 2.36. The molecule has 5 nitrogen and oxygen atoms in total. The minimum atomic E-state index is -0.951. The summed E-state index contributed by atoms with van der Waals surface area (Å²) in [6.07, 6.45) is 0.744. The summed E-state index contributed by atoms with van der Waals surface area (Å²) in [5, 5.41) is 8.95. The first-order valence-corrected chi connectivity index (χ1v) is 5.88. The maximum absolute atomic E-state index is 11.8. The van der Waals surface area contributed by atoms with Crippen LogP contribution in [0.5, 0.6) is 0 Å². The molecular formula is C13H16N2O3. The van der Waals surface area contributed by atoms with E-state index in [0.717, 1.165) is 17.5 Å². The lowest BCUT2D eigenvalue weighted by atomic mass is 9.97. The third-order valence-electron chi connectivity index (χ3n) is 3.17. The van der Waals surface area contributed by atoms with Gasteiger partial charge in [0.05, 0.1) is 11.6 Å². The molecule has 0 fully saturated rings. The van der Waals surface area contributed by atoms with Gasteiger partial charge in [-0.15, -0.1) is 0 Å². The predicted octanol–water partition coefficient (Wildman–Crippen LogP) is 0.617. The number of hydrogen-bond acceptors (Lipinski definition) is 3. The van der Waals surface area contributed by atoms with Crippen molar-refractivity contribution in [3.8, 4) is 0 Å². The second-order valence-electron chi connectivity index (χ2n) is 4.59. The zero-order chi connectivity index (χ0) is 13.3. The molecule has 18 heavy (non-hydrogen) atoms. The Kier molecular flexibility index (Phi) is 3.34. The first-order chi connectivity index (χ1) is 8.49. The highest BCUT2D eigenvalue weighted by Gasteiger charge is 2.23. The smallest absolute Gasteiger partial charge is 0.335 e. The van der Waals surface area contributed by atoms with Gasteiger partial charge in [-0.1, -0.05) is 6.07 Å². The normalized spacial score (nSPS) is 16.0. The molecular weight excluding hydrogens is 232 g/mol. The van der Waals surface area contributed by atoms with Gasteiger partial charge in [0.15, 0.2) is 0 Å². The molecule has 5 heteroatoms. The van der Waals surface area contributed by atoms with Crippen molar-refractivity contribution in [1.29, 1.82) is 0 Å². The van der Waals surface area contributed by atoms with Crippen molar-refractivity contribution in [3.63, 3.8) is 0 Å². The molecule has 0 radical (unpaired) electrons. The van der Waals surface area contributed by atoms with E-state index in [9.17, 15) is 9.59 Å². The number of hydrogen-bond donors (Lipinski definition) is 2. The summed E-state index contributed by atoms with van der Waals surface area (Å²) >= 11 is 0. The molecule has 1 heterocycles. The zero-order valence-electron chi connectivity index (χ0n) is 10.2. The molecule has 0 saturated heterocycles. The van der Waals surface area contributed by atoms with Gasteiger partial charge in [0, 0.05) is 13.1 Å². The minimum Gasteiger partial charge on any atom is -0.478 e. The number of fused-ring (bicyclic) bond motifs is 1. The van der Waals surface area contributed by atoms with E-state index in [1.165, 1.54) is 0 Å². The van der Waals surface area contributed by atoms with Crippen LogP contribution in [-0.2, 0) is 17.8 Å². The van der Waals surface area contributed by atoms with Crippen molar-refractivity contribution in [1.82, 2.24) is 4.90 Å². The Morgan fingerprint density at radius 1 is 1.39 bits per heavy atom. The summed E-state index contributed by atoms with van der Waals surface area (Å²) in [7, 11) is 0. The molecule has 3 N–H and O–H groups in total. The van der Waals surface area contributed by atoms with Crippen LogP contribution in [0.1, 0.15) is 28.4 Å². The number of nitrogens with two attached hydrogens (primary N) is 1. The maximum Gasteiger partial charge on any atom is 0.335 e. The Morgan fingerprint density at radius 3 is 2.72 bits per heavy atom. The molecule has 0 saturated carbocycles. The fraction of sp³-hybridized carbons (Fsp3) is 0.385. The number of carboxylic acid groups (broad SMARTS) is 1. The number of carboxylic acids is 1. The molecule has 2 rings (SSSR count). The van der Waals surface area contributed by atoms with Crippen LogP contribution in [0.15, 0.2) is 18.2 Å². The van der Waals surface area contributed by atoms with E-state index in [0.29, 0.717) is 13.1 Å². The van der Waals surface area contributed by atoms with E-state index < -0.39 is 12.0 Å². The van der Waals surface area contributed by atoms with Gasteiger partial charge in [-0.25, -0.2) is 4.79 Å². The molecule has 1 aromatic rings. The highest BCUT2D eigenvalue weighted by atomic mass is 16.4. The van der Waals surface area contributed by atoms with E-state index in [2.05, 4.69) is 0 Å². The molecule has 1 aliphatic rings. The molecule has 1 amide bonds. The second-order valence-corrected chi connectivity index (χ2v) is 4.59. The summed E-state index contributed by atoms with van der Waals surface area (Å²) in [5.74, 6) is -1.05. The highest BCUT2D eigenvalue weighted by molar-refractivity contribution is 5.88. The second kappa shape index (κ2) is 4.78. The highest BCUT2D eigenvalue weighted by Crippen LogP contribution is 2.20. The molecule has 0 aliphatic carbocycles. The van der Waals surface area contributed by atoms with Crippen LogP contribution in [0, 0.1) is 0 Å². The summed E-state index contributed by atoms with van der Waals surface area (Å²) in [5.41, 5.74) is 7.84. The Balaban J connectivity index is 2.24. The number of nitrogens with zero attached hydrogens (tertiary/aromatic N) is 1. The molecule has 96 valence electrons. The first kappa shape index (κ1) is 12.6. The Bertz CT molecular complexity index is 497. The van der Waals surface area contributed by atoms with E-state index >= 15 is 0 Å². The molecule has 0 unspecified atom stereocenters. The number of aromatic carboxylic acids is 1. The van der Waals surface area contributed by atoms with E-state index in [1.54, 1.807) is 24.0 Å². The van der Waals surface area contributed by atoms with Gasteiger partial charge in [0.25, 0.3) is 0 Å². The van der Waals surface area contributed by atoms with Crippen molar-refractivity contribution in [2.24, 2.45) is 5.73 Å². The minimum absolute atomic E-state index is 0.0959. The standard InChI is InChI=1S/C13H16N2O3/c1-8(14)12(16)15-5-4-9-2-3-10(13(17)18)6-11(9)7-15/h2-3,6,8H,4-5,7,14H2,1H3,(H,17,18)/t8-/m0/s1. The Labute approximate surface area is 105 Å². The fourth-order valence-electron chi connectivity index (χ4n) is 2.17. The lowest BCUT2D eigenvalue weighted by molar-refractivity contribution is -0.133. The van der Waals surface area contributed by atoms with Gasteiger partial charge < -0.3 is 15.7 Å². The quantitative estimate of drug-likeness (QED) is 0.803. The largest absolute Gasteiger partial charge is 0.478 e. The maximum atomic E-state index is 11.8. The summed E-state index contributed by atoms with van der Waals surface area (Å²) in [6, 6.07) is 4.55. The van der Waals surface area contributed by atoms with E-state index in [1.807, 2.05) is 6.07 Å². The van der Waals surface area contributed by atoms with Crippen LogP contribution in [0.3, 0.4) is 0 Å². The Hall–Kier alpha value is -1.88. The van der Waals surface area contributed by atoms with Crippen LogP contribution in [-0.4, -0.2) is 34.5 Å². The number of rotatable bonds is 2. The van der Waals surface area contributed by atoms with Gasteiger partial charge in [0.2, 0.25) is 5.91 Å². The summed E-state index contributed by atoms with van der Waals surface area (Å²) in [6.45, 7) is 2.74. The topological polar surface area (TPSA) is 83.6 Å². The van der Waals surface area contributed by atoms with Crippen LogP contribution < -0.4 is 5.73 Å². The third-order valence-corrected chi connectivity index (χ3v) is 3.17. The number of benzene rings is 1.